The molecule has 146 valence electrons. The molecule has 1 fully saturated rings. The van der Waals surface area contributed by atoms with E-state index in [2.05, 4.69) is 41.8 Å². The van der Waals surface area contributed by atoms with Crippen molar-refractivity contribution in [1.82, 2.24) is 4.90 Å². The molecule has 0 aliphatic carbocycles. The van der Waals surface area contributed by atoms with Gasteiger partial charge >= 0.3 is 0 Å². The van der Waals surface area contributed by atoms with E-state index in [4.69, 9.17) is 0 Å². The van der Waals surface area contributed by atoms with E-state index in [1.807, 2.05) is 26.0 Å². The average molecular weight is 387 g/mol. The molecule has 1 aliphatic heterocycles. The van der Waals surface area contributed by atoms with E-state index in [0.29, 0.717) is 4.90 Å². The Balaban J connectivity index is 1.62. The van der Waals surface area contributed by atoms with Crippen LogP contribution in [0.5, 0.6) is 0 Å². The summed E-state index contributed by atoms with van der Waals surface area (Å²) < 4.78 is 25.5. The van der Waals surface area contributed by atoms with E-state index in [0.717, 1.165) is 31.7 Å². The third-order valence-electron chi connectivity index (χ3n) is 5.48. The molecule has 4 nitrogen and oxygen atoms in total. The average Bonchev–Trinajstić information content (AvgIpc) is 2.64. The summed E-state index contributed by atoms with van der Waals surface area (Å²) in [5, 5.41) is 0. The predicted octanol–water partition coefficient (Wildman–Crippen LogP) is 3.60. The minimum atomic E-state index is -3.26. The zero-order valence-corrected chi connectivity index (χ0v) is 17.6. The minimum Gasteiger partial charge on any atom is -0.369 e. The van der Waals surface area contributed by atoms with E-state index in [1.165, 1.54) is 16.8 Å². The lowest BCUT2D eigenvalue weighted by Crippen LogP contribution is -2.51. The highest BCUT2D eigenvalue weighted by Gasteiger charge is 2.26. The zero-order chi connectivity index (χ0) is 19.6. The van der Waals surface area contributed by atoms with Gasteiger partial charge < -0.3 is 4.90 Å². The van der Waals surface area contributed by atoms with Crippen molar-refractivity contribution in [1.29, 1.82) is 0 Å². The molecule has 27 heavy (non-hydrogen) atoms. The number of aryl methyl sites for hydroxylation is 3. The zero-order valence-electron chi connectivity index (χ0n) is 16.8. The van der Waals surface area contributed by atoms with Crippen LogP contribution in [0.4, 0.5) is 5.69 Å². The molecule has 5 heteroatoms. The van der Waals surface area contributed by atoms with E-state index >= 15 is 0 Å². The Kier molecular flexibility index (Phi) is 5.92. The molecule has 0 spiro atoms. The number of sulfone groups is 1. The van der Waals surface area contributed by atoms with Crippen LogP contribution in [0, 0.1) is 20.8 Å². The second-order valence-corrected chi connectivity index (χ2v) is 9.79. The van der Waals surface area contributed by atoms with Crippen molar-refractivity contribution < 1.29 is 8.42 Å². The van der Waals surface area contributed by atoms with Gasteiger partial charge in [-0.15, -0.1) is 0 Å². The maximum Gasteiger partial charge on any atom is 0.179 e. The van der Waals surface area contributed by atoms with Crippen LogP contribution in [0.25, 0.3) is 0 Å². The first-order valence-electron chi connectivity index (χ1n) is 9.62. The molecule has 0 aromatic heterocycles. The lowest BCUT2D eigenvalue weighted by atomic mass is 10.1. The fraction of sp³-hybridized carbons (Fsp3) is 0.455. The largest absolute Gasteiger partial charge is 0.369 e. The van der Waals surface area contributed by atoms with Crippen molar-refractivity contribution >= 4 is 15.5 Å². The van der Waals surface area contributed by atoms with Crippen molar-refractivity contribution in [2.75, 3.05) is 36.8 Å². The third-order valence-corrected chi connectivity index (χ3v) is 7.40. The molecule has 2 aromatic carbocycles. The van der Waals surface area contributed by atoms with Crippen LogP contribution >= 0.6 is 0 Å². The molecule has 0 amide bonds. The van der Waals surface area contributed by atoms with Crippen LogP contribution in [0.1, 0.15) is 23.6 Å². The SMILES string of the molecule is Cc1ccc(S(=O)(=O)CC(C)N2CCN(c3cc(C)ccc3C)CC2)cc1. The Morgan fingerprint density at radius 2 is 1.48 bits per heavy atom. The summed E-state index contributed by atoms with van der Waals surface area (Å²) in [6, 6.07) is 13.7. The molecule has 1 atom stereocenters. The number of nitrogens with zero attached hydrogens (tertiary/aromatic N) is 2. The van der Waals surface area contributed by atoms with E-state index < -0.39 is 9.84 Å². The fourth-order valence-corrected chi connectivity index (χ4v) is 5.32. The summed E-state index contributed by atoms with van der Waals surface area (Å²) in [5.74, 6) is 0.166. The first-order valence-corrected chi connectivity index (χ1v) is 11.3. The Bertz CT molecular complexity index is 883. The van der Waals surface area contributed by atoms with E-state index in [1.54, 1.807) is 12.1 Å². The molecule has 0 bridgehead atoms. The maximum atomic E-state index is 12.7. The summed E-state index contributed by atoms with van der Waals surface area (Å²) in [5.41, 5.74) is 4.94. The molecule has 1 unspecified atom stereocenters. The standard InChI is InChI=1S/C22H30N2O2S/c1-17-6-9-21(10-7-17)27(25,26)16-20(4)23-11-13-24(14-12-23)22-15-18(2)5-8-19(22)3/h5-10,15,20H,11-14,16H2,1-4H3. The van der Waals surface area contributed by atoms with E-state index in [9.17, 15) is 8.42 Å². The van der Waals surface area contributed by atoms with Crippen LogP contribution in [-0.4, -0.2) is 51.3 Å². The summed E-state index contributed by atoms with van der Waals surface area (Å²) in [7, 11) is -3.26. The van der Waals surface area contributed by atoms with Crippen molar-refractivity contribution in [3.8, 4) is 0 Å². The normalized spacial score (nSPS) is 17.1. The molecule has 1 heterocycles. The number of benzene rings is 2. The van der Waals surface area contributed by atoms with Crippen LogP contribution in [-0.2, 0) is 9.84 Å². The van der Waals surface area contributed by atoms with Gasteiger partial charge in [0.05, 0.1) is 10.6 Å². The van der Waals surface area contributed by atoms with Gasteiger partial charge in [0.1, 0.15) is 0 Å². The Morgan fingerprint density at radius 3 is 2.11 bits per heavy atom. The predicted molar refractivity (Wildman–Crippen MR) is 112 cm³/mol. The molecule has 1 aliphatic rings. The highest BCUT2D eigenvalue weighted by Crippen LogP contribution is 2.24. The molecule has 0 saturated carbocycles. The van der Waals surface area contributed by atoms with Gasteiger partial charge in [-0.3, -0.25) is 4.90 Å². The highest BCUT2D eigenvalue weighted by atomic mass is 32.2. The van der Waals surface area contributed by atoms with Gasteiger partial charge in [0.25, 0.3) is 0 Å². The van der Waals surface area contributed by atoms with Gasteiger partial charge in [-0.2, -0.15) is 0 Å². The van der Waals surface area contributed by atoms with E-state index in [-0.39, 0.29) is 11.8 Å². The topological polar surface area (TPSA) is 40.6 Å². The molecule has 0 radical (unpaired) electrons. The van der Waals surface area contributed by atoms with Crippen molar-refractivity contribution in [3.05, 3.63) is 59.2 Å². The summed E-state index contributed by atoms with van der Waals surface area (Å²) >= 11 is 0. The second-order valence-electron chi connectivity index (χ2n) is 7.76. The van der Waals surface area contributed by atoms with Gasteiger partial charge in [0.15, 0.2) is 9.84 Å². The van der Waals surface area contributed by atoms with Gasteiger partial charge in [-0.1, -0.05) is 29.8 Å². The lowest BCUT2D eigenvalue weighted by molar-refractivity contribution is 0.211. The number of piperazine rings is 1. The number of hydrogen-bond donors (Lipinski definition) is 0. The van der Waals surface area contributed by atoms with Crippen LogP contribution in [0.15, 0.2) is 47.4 Å². The van der Waals surface area contributed by atoms with Crippen molar-refractivity contribution in [2.45, 2.75) is 38.6 Å². The first kappa shape index (κ1) is 19.9. The molecular formula is C22H30N2O2S. The lowest BCUT2D eigenvalue weighted by Gasteiger charge is -2.39. The molecule has 3 rings (SSSR count). The van der Waals surface area contributed by atoms with Gasteiger partial charge in [-0.05, 0) is 57.0 Å². The molecule has 1 saturated heterocycles. The van der Waals surface area contributed by atoms with Crippen LogP contribution in [0.2, 0.25) is 0 Å². The van der Waals surface area contributed by atoms with Crippen molar-refractivity contribution in [2.24, 2.45) is 0 Å². The smallest absolute Gasteiger partial charge is 0.179 e. The number of hydrogen-bond acceptors (Lipinski definition) is 4. The second kappa shape index (κ2) is 8.03. The molecule has 2 aromatic rings. The minimum absolute atomic E-state index is 0.0112. The summed E-state index contributed by atoms with van der Waals surface area (Å²) in [4.78, 5) is 5.14. The Labute approximate surface area is 163 Å². The highest BCUT2D eigenvalue weighted by molar-refractivity contribution is 7.91. The number of anilines is 1. The Morgan fingerprint density at radius 1 is 0.889 bits per heavy atom. The molecule has 0 N–H and O–H groups in total. The van der Waals surface area contributed by atoms with Gasteiger partial charge in [0.2, 0.25) is 0 Å². The third kappa shape index (κ3) is 4.71. The van der Waals surface area contributed by atoms with Gasteiger partial charge in [-0.25, -0.2) is 8.42 Å². The first-order chi connectivity index (χ1) is 12.8. The summed E-state index contributed by atoms with van der Waals surface area (Å²) in [6.45, 7) is 11.9. The molecular weight excluding hydrogens is 356 g/mol. The van der Waals surface area contributed by atoms with Gasteiger partial charge in [0, 0.05) is 37.9 Å². The number of rotatable bonds is 5. The Hall–Kier alpha value is -1.85. The quantitative estimate of drug-likeness (QED) is 0.787. The van der Waals surface area contributed by atoms with Crippen LogP contribution < -0.4 is 4.90 Å². The fourth-order valence-electron chi connectivity index (χ4n) is 3.73. The van der Waals surface area contributed by atoms with Crippen molar-refractivity contribution in [3.63, 3.8) is 0 Å². The van der Waals surface area contributed by atoms with Crippen LogP contribution in [0.3, 0.4) is 0 Å². The maximum absolute atomic E-state index is 12.7. The monoisotopic (exact) mass is 386 g/mol. The summed E-state index contributed by atoms with van der Waals surface area (Å²) in [6.07, 6.45) is 0.